The summed E-state index contributed by atoms with van der Waals surface area (Å²) in [6.07, 6.45) is 3.78. The minimum Gasteiger partial charge on any atom is -0.490 e. The maximum absolute atomic E-state index is 12.8. The van der Waals surface area contributed by atoms with Crippen LogP contribution in [0.15, 0.2) is 50.8 Å². The number of aromatic carboxylic acids is 1. The van der Waals surface area contributed by atoms with Crippen LogP contribution in [-0.2, 0) is 4.79 Å². The zero-order valence-electron chi connectivity index (χ0n) is 18.6. The van der Waals surface area contributed by atoms with E-state index in [4.69, 9.17) is 14.6 Å². The van der Waals surface area contributed by atoms with E-state index in [1.54, 1.807) is 25.3 Å². The Morgan fingerprint density at radius 2 is 1.94 bits per heavy atom. The van der Waals surface area contributed by atoms with Gasteiger partial charge < -0.3 is 14.6 Å². The summed E-state index contributed by atoms with van der Waals surface area (Å²) in [6.45, 7) is 5.10. The van der Waals surface area contributed by atoms with Crippen LogP contribution in [0.3, 0.4) is 0 Å². The van der Waals surface area contributed by atoms with Crippen molar-refractivity contribution >= 4 is 56.5 Å². The van der Waals surface area contributed by atoms with E-state index in [0.29, 0.717) is 40.5 Å². The van der Waals surface area contributed by atoms with Crippen molar-refractivity contribution in [3.8, 4) is 11.5 Å². The summed E-state index contributed by atoms with van der Waals surface area (Å²) in [6, 6.07) is 9.94. The van der Waals surface area contributed by atoms with Gasteiger partial charge in [-0.05, 0) is 89.1 Å². The van der Waals surface area contributed by atoms with Gasteiger partial charge in [0.15, 0.2) is 16.7 Å². The van der Waals surface area contributed by atoms with Crippen LogP contribution in [0.5, 0.6) is 11.5 Å². The van der Waals surface area contributed by atoms with Gasteiger partial charge in [-0.15, -0.1) is 0 Å². The van der Waals surface area contributed by atoms with Crippen molar-refractivity contribution in [1.82, 2.24) is 4.90 Å². The lowest BCUT2D eigenvalue weighted by Gasteiger charge is -2.14. The Morgan fingerprint density at radius 1 is 1.21 bits per heavy atom. The van der Waals surface area contributed by atoms with Crippen LogP contribution >= 0.6 is 27.7 Å². The first-order valence-electron chi connectivity index (χ1n) is 10.5. The second-order valence-corrected chi connectivity index (χ2v) is 9.05. The number of amides is 1. The summed E-state index contributed by atoms with van der Waals surface area (Å²) < 4.78 is 12.4. The number of likely N-dealkylation sites (N-methyl/N-ethyl adjacent to an activating group) is 1. The predicted molar refractivity (Wildman–Crippen MR) is 135 cm³/mol. The Labute approximate surface area is 205 Å². The smallest absolute Gasteiger partial charge is 0.335 e. The number of nitrogens with zero attached hydrogens (tertiary/aromatic N) is 2. The Kier molecular flexibility index (Phi) is 8.57. The van der Waals surface area contributed by atoms with Crippen molar-refractivity contribution in [2.24, 2.45) is 4.99 Å². The highest BCUT2D eigenvalue weighted by molar-refractivity contribution is 9.10. The topological polar surface area (TPSA) is 88.4 Å². The predicted octanol–water partition coefficient (Wildman–Crippen LogP) is 5.96. The number of unbranched alkanes of at least 4 members (excludes halogenated alkanes) is 1. The lowest BCUT2D eigenvalue weighted by molar-refractivity contribution is -0.121. The second-order valence-electron chi connectivity index (χ2n) is 7.19. The first-order chi connectivity index (χ1) is 15.8. The number of carbonyl (C=O) groups is 2. The minimum atomic E-state index is -0.999. The normalized spacial score (nSPS) is 16.0. The molecule has 2 aromatic carbocycles. The molecule has 1 aliphatic rings. The lowest BCUT2D eigenvalue weighted by Crippen LogP contribution is -2.23. The Hall–Kier alpha value is -2.78. The molecule has 0 saturated carbocycles. The van der Waals surface area contributed by atoms with E-state index in [-0.39, 0.29) is 11.5 Å². The van der Waals surface area contributed by atoms with Gasteiger partial charge in [0.1, 0.15) is 0 Å². The average Bonchev–Trinajstić information content (AvgIpc) is 3.04. The van der Waals surface area contributed by atoms with Crippen molar-refractivity contribution < 1.29 is 24.2 Å². The number of carboxylic acid groups (broad SMARTS) is 1. The molecule has 0 atom stereocenters. The number of rotatable bonds is 9. The molecule has 1 heterocycles. The van der Waals surface area contributed by atoms with Crippen LogP contribution in [-0.4, -0.2) is 47.3 Å². The minimum absolute atomic E-state index is 0.168. The molecule has 0 bridgehead atoms. The van der Waals surface area contributed by atoms with Gasteiger partial charge in [0.05, 0.1) is 33.8 Å². The third kappa shape index (κ3) is 6.17. The molecule has 3 rings (SSSR count). The number of thioether (sulfide) groups is 1. The van der Waals surface area contributed by atoms with Crippen LogP contribution < -0.4 is 9.47 Å². The van der Waals surface area contributed by atoms with Crippen LogP contribution in [0, 0.1) is 0 Å². The fourth-order valence-corrected chi connectivity index (χ4v) is 4.55. The van der Waals surface area contributed by atoms with E-state index >= 15 is 0 Å². The van der Waals surface area contributed by atoms with Gasteiger partial charge in [-0.2, -0.15) is 0 Å². The summed E-state index contributed by atoms with van der Waals surface area (Å²) in [5.74, 6) is 0.104. The van der Waals surface area contributed by atoms with Gasteiger partial charge in [0.2, 0.25) is 0 Å². The van der Waals surface area contributed by atoms with E-state index in [1.165, 1.54) is 28.8 Å². The molecule has 9 heteroatoms. The molecule has 1 N–H and O–H groups in total. The second kappa shape index (κ2) is 11.4. The van der Waals surface area contributed by atoms with Crippen LogP contribution in [0.1, 0.15) is 42.6 Å². The fraction of sp³-hybridized carbons (Fsp3) is 0.292. The molecular weight excluding hydrogens is 508 g/mol. The summed E-state index contributed by atoms with van der Waals surface area (Å²) in [5, 5.41) is 9.55. The number of carbonyl (C=O) groups excluding carboxylic acids is 1. The lowest BCUT2D eigenvalue weighted by atomic mass is 10.2. The van der Waals surface area contributed by atoms with Crippen LogP contribution in [0.2, 0.25) is 0 Å². The number of ether oxygens (including phenoxy) is 2. The molecular formula is C24H25BrN2O5S. The van der Waals surface area contributed by atoms with E-state index in [9.17, 15) is 9.59 Å². The number of amidine groups is 1. The van der Waals surface area contributed by atoms with Gasteiger partial charge in [-0.1, -0.05) is 13.3 Å². The van der Waals surface area contributed by atoms with Gasteiger partial charge in [0.25, 0.3) is 5.91 Å². The Balaban J connectivity index is 1.86. The number of benzene rings is 2. The highest BCUT2D eigenvalue weighted by atomic mass is 79.9. The van der Waals surface area contributed by atoms with Crippen molar-refractivity contribution in [3.63, 3.8) is 0 Å². The van der Waals surface area contributed by atoms with Gasteiger partial charge >= 0.3 is 5.97 Å². The van der Waals surface area contributed by atoms with Gasteiger partial charge in [0, 0.05) is 7.05 Å². The first kappa shape index (κ1) is 24.9. The molecule has 2 aromatic rings. The SMILES string of the molecule is CCCCOc1c(Br)cc(/C=C2/SC(=Nc3ccc(C(=O)O)cc3)N(C)C2=O)cc1OCC. The summed E-state index contributed by atoms with van der Waals surface area (Å²) in [5.41, 5.74) is 1.55. The summed E-state index contributed by atoms with van der Waals surface area (Å²) in [7, 11) is 1.66. The summed E-state index contributed by atoms with van der Waals surface area (Å²) >= 11 is 4.82. The molecule has 1 amide bonds. The third-order valence-corrected chi connectivity index (χ3v) is 6.37. The summed E-state index contributed by atoms with van der Waals surface area (Å²) in [4.78, 5) is 30.3. The maximum atomic E-state index is 12.8. The highest BCUT2D eigenvalue weighted by Crippen LogP contribution is 2.39. The molecule has 174 valence electrons. The molecule has 1 aliphatic heterocycles. The zero-order chi connectivity index (χ0) is 24.0. The zero-order valence-corrected chi connectivity index (χ0v) is 21.0. The van der Waals surface area contributed by atoms with E-state index in [2.05, 4.69) is 27.8 Å². The quantitative estimate of drug-likeness (QED) is 0.316. The van der Waals surface area contributed by atoms with Gasteiger partial charge in [-0.25, -0.2) is 9.79 Å². The van der Waals surface area contributed by atoms with Crippen molar-refractivity contribution in [1.29, 1.82) is 0 Å². The Morgan fingerprint density at radius 3 is 2.58 bits per heavy atom. The molecule has 0 aromatic heterocycles. The number of hydrogen-bond acceptors (Lipinski definition) is 6. The molecule has 33 heavy (non-hydrogen) atoms. The van der Waals surface area contributed by atoms with Crippen molar-refractivity contribution in [2.45, 2.75) is 26.7 Å². The average molecular weight is 533 g/mol. The Bertz CT molecular complexity index is 1100. The fourth-order valence-electron chi connectivity index (χ4n) is 2.98. The van der Waals surface area contributed by atoms with Crippen LogP contribution in [0.4, 0.5) is 5.69 Å². The molecule has 1 saturated heterocycles. The third-order valence-electron chi connectivity index (χ3n) is 4.72. The molecule has 0 unspecified atom stereocenters. The largest absolute Gasteiger partial charge is 0.490 e. The number of carboxylic acids is 1. The molecule has 1 fully saturated rings. The molecule has 0 spiro atoms. The van der Waals surface area contributed by atoms with Crippen molar-refractivity contribution in [2.75, 3.05) is 20.3 Å². The number of hydrogen-bond donors (Lipinski definition) is 1. The van der Waals surface area contributed by atoms with E-state index < -0.39 is 5.97 Å². The number of halogens is 1. The van der Waals surface area contributed by atoms with Crippen LogP contribution in [0.25, 0.3) is 6.08 Å². The van der Waals surface area contributed by atoms with E-state index in [1.807, 2.05) is 19.1 Å². The monoisotopic (exact) mass is 532 g/mol. The first-order valence-corrected chi connectivity index (χ1v) is 12.1. The molecule has 0 aliphatic carbocycles. The standard InChI is InChI=1S/C24H25BrN2O5S/c1-4-6-11-32-21-18(25)12-15(13-19(21)31-5-2)14-20-22(28)27(3)24(33-20)26-17-9-7-16(8-10-17)23(29)30/h7-10,12-14H,4-6,11H2,1-3H3,(H,29,30)/b20-14+,26-24?. The highest BCUT2D eigenvalue weighted by Gasteiger charge is 2.30. The van der Waals surface area contributed by atoms with E-state index in [0.717, 1.165) is 22.9 Å². The maximum Gasteiger partial charge on any atom is 0.335 e. The molecule has 0 radical (unpaired) electrons. The molecule has 7 nitrogen and oxygen atoms in total. The van der Waals surface area contributed by atoms with Crippen molar-refractivity contribution in [3.05, 3.63) is 56.9 Å². The van der Waals surface area contributed by atoms with Gasteiger partial charge in [-0.3, -0.25) is 9.69 Å². The number of aliphatic imine (C=N–C) groups is 1.